The van der Waals surface area contributed by atoms with E-state index in [4.69, 9.17) is 9.73 Å². The standard InChI is InChI=1S/C24H39N5O2/c1-4-25-24(26-18-21-8-10-22(11-9-21)19-31-5-2)29-16-14-27(15-17-29)20(3)23(30)28-12-6-7-13-28/h8-11,20H,4-7,12-19H2,1-3H3,(H,25,26). The number of amides is 1. The van der Waals surface area contributed by atoms with Gasteiger partial charge in [0.05, 0.1) is 19.2 Å². The number of hydrogen-bond acceptors (Lipinski definition) is 4. The largest absolute Gasteiger partial charge is 0.377 e. The Morgan fingerprint density at radius 3 is 2.26 bits per heavy atom. The number of rotatable bonds is 8. The van der Waals surface area contributed by atoms with Gasteiger partial charge in [0.15, 0.2) is 5.96 Å². The average molecular weight is 430 g/mol. The zero-order valence-corrected chi connectivity index (χ0v) is 19.5. The quantitative estimate of drug-likeness (QED) is 0.508. The molecule has 1 N–H and O–H groups in total. The lowest BCUT2D eigenvalue weighted by atomic mass is 10.1. The van der Waals surface area contributed by atoms with E-state index in [9.17, 15) is 4.79 Å². The molecule has 0 spiro atoms. The van der Waals surface area contributed by atoms with Gasteiger partial charge in [0.1, 0.15) is 0 Å². The van der Waals surface area contributed by atoms with Crippen molar-refractivity contribution in [3.63, 3.8) is 0 Å². The van der Waals surface area contributed by atoms with Gasteiger partial charge in [-0.2, -0.15) is 0 Å². The lowest BCUT2D eigenvalue weighted by Gasteiger charge is -2.39. The molecule has 7 heteroatoms. The first kappa shape index (κ1) is 23.5. The van der Waals surface area contributed by atoms with Crippen molar-refractivity contribution in [1.82, 2.24) is 20.0 Å². The van der Waals surface area contributed by atoms with Gasteiger partial charge in [-0.05, 0) is 44.7 Å². The van der Waals surface area contributed by atoms with Gasteiger partial charge in [-0.3, -0.25) is 9.69 Å². The van der Waals surface area contributed by atoms with Gasteiger partial charge in [0.2, 0.25) is 5.91 Å². The van der Waals surface area contributed by atoms with E-state index in [2.05, 4.69) is 53.2 Å². The molecule has 0 radical (unpaired) electrons. The van der Waals surface area contributed by atoms with Gasteiger partial charge in [-0.25, -0.2) is 4.99 Å². The summed E-state index contributed by atoms with van der Waals surface area (Å²) >= 11 is 0. The van der Waals surface area contributed by atoms with E-state index >= 15 is 0 Å². The van der Waals surface area contributed by atoms with Crippen LogP contribution in [0.4, 0.5) is 0 Å². The smallest absolute Gasteiger partial charge is 0.239 e. The van der Waals surface area contributed by atoms with Crippen LogP contribution in [0.5, 0.6) is 0 Å². The summed E-state index contributed by atoms with van der Waals surface area (Å²) in [5.74, 6) is 1.25. The van der Waals surface area contributed by atoms with Crippen LogP contribution in [0.15, 0.2) is 29.3 Å². The second kappa shape index (κ2) is 12.1. The van der Waals surface area contributed by atoms with Crippen LogP contribution in [-0.2, 0) is 22.7 Å². The Kier molecular flexibility index (Phi) is 9.15. The molecule has 0 bridgehead atoms. The molecule has 0 aromatic heterocycles. The molecule has 1 amide bonds. The van der Waals surface area contributed by atoms with E-state index < -0.39 is 0 Å². The van der Waals surface area contributed by atoms with E-state index in [1.165, 1.54) is 11.1 Å². The summed E-state index contributed by atoms with van der Waals surface area (Å²) < 4.78 is 5.47. The Morgan fingerprint density at radius 1 is 1.00 bits per heavy atom. The molecule has 1 aromatic carbocycles. The number of piperazine rings is 1. The zero-order valence-electron chi connectivity index (χ0n) is 19.5. The van der Waals surface area contributed by atoms with Crippen LogP contribution in [0.1, 0.15) is 44.7 Å². The summed E-state index contributed by atoms with van der Waals surface area (Å²) in [7, 11) is 0. The second-order valence-corrected chi connectivity index (χ2v) is 8.36. The maximum Gasteiger partial charge on any atom is 0.239 e. The van der Waals surface area contributed by atoms with Crippen LogP contribution in [0.2, 0.25) is 0 Å². The lowest BCUT2D eigenvalue weighted by molar-refractivity contribution is -0.135. The number of aliphatic imine (C=N–C) groups is 1. The number of benzene rings is 1. The minimum Gasteiger partial charge on any atom is -0.377 e. The number of likely N-dealkylation sites (tertiary alicyclic amines) is 1. The third-order valence-electron chi connectivity index (χ3n) is 6.18. The number of carbonyl (C=O) groups is 1. The topological polar surface area (TPSA) is 60.4 Å². The van der Waals surface area contributed by atoms with Crippen molar-refractivity contribution in [2.24, 2.45) is 4.99 Å². The highest BCUT2D eigenvalue weighted by Crippen LogP contribution is 2.14. The normalized spacial score (nSPS) is 19.0. The van der Waals surface area contributed by atoms with Crippen molar-refractivity contribution in [3.8, 4) is 0 Å². The highest BCUT2D eigenvalue weighted by atomic mass is 16.5. The lowest BCUT2D eigenvalue weighted by Crippen LogP contribution is -2.57. The fourth-order valence-electron chi connectivity index (χ4n) is 4.23. The zero-order chi connectivity index (χ0) is 22.1. The van der Waals surface area contributed by atoms with Crippen LogP contribution >= 0.6 is 0 Å². The average Bonchev–Trinajstić information content (AvgIpc) is 3.35. The monoisotopic (exact) mass is 429 g/mol. The fraction of sp³-hybridized carbons (Fsp3) is 0.667. The van der Waals surface area contributed by atoms with Gasteiger partial charge in [-0.15, -0.1) is 0 Å². The van der Waals surface area contributed by atoms with Crippen LogP contribution in [-0.4, -0.2) is 85.0 Å². The van der Waals surface area contributed by atoms with E-state index in [0.29, 0.717) is 19.1 Å². The van der Waals surface area contributed by atoms with Crippen molar-refractivity contribution < 1.29 is 9.53 Å². The summed E-state index contributed by atoms with van der Waals surface area (Å²) in [4.78, 5) is 24.3. The highest BCUT2D eigenvalue weighted by molar-refractivity contribution is 5.82. The SMILES string of the molecule is CCNC(=NCc1ccc(COCC)cc1)N1CCN(C(C)C(=O)N2CCCC2)CC1. The Morgan fingerprint density at radius 2 is 1.65 bits per heavy atom. The molecule has 1 aromatic rings. The molecule has 2 heterocycles. The van der Waals surface area contributed by atoms with Gasteiger partial charge in [-0.1, -0.05) is 24.3 Å². The number of carbonyl (C=O) groups excluding carboxylic acids is 1. The minimum atomic E-state index is -0.0324. The Labute approximate surface area is 187 Å². The van der Waals surface area contributed by atoms with Crippen molar-refractivity contribution in [2.75, 3.05) is 52.4 Å². The Hall–Kier alpha value is -2.12. The summed E-state index contributed by atoms with van der Waals surface area (Å²) in [6, 6.07) is 8.46. The summed E-state index contributed by atoms with van der Waals surface area (Å²) in [6.07, 6.45) is 2.29. The molecule has 31 heavy (non-hydrogen) atoms. The number of guanidine groups is 1. The Balaban J connectivity index is 1.52. The van der Waals surface area contributed by atoms with Gasteiger partial charge >= 0.3 is 0 Å². The van der Waals surface area contributed by atoms with Crippen molar-refractivity contribution >= 4 is 11.9 Å². The van der Waals surface area contributed by atoms with E-state index in [1.807, 2.05) is 11.8 Å². The number of nitrogens with zero attached hydrogens (tertiary/aromatic N) is 4. The Bertz CT molecular complexity index is 707. The van der Waals surface area contributed by atoms with Gasteiger partial charge < -0.3 is 19.9 Å². The third kappa shape index (κ3) is 6.68. The molecule has 2 aliphatic heterocycles. The number of hydrogen-bond donors (Lipinski definition) is 1. The molecule has 2 aliphatic rings. The van der Waals surface area contributed by atoms with Crippen molar-refractivity contribution in [2.45, 2.75) is 52.8 Å². The molecule has 7 nitrogen and oxygen atoms in total. The van der Waals surface area contributed by atoms with E-state index in [1.54, 1.807) is 0 Å². The number of ether oxygens (including phenoxy) is 1. The van der Waals surface area contributed by atoms with Gasteiger partial charge in [0.25, 0.3) is 0 Å². The maximum atomic E-state index is 12.7. The van der Waals surface area contributed by atoms with E-state index in [-0.39, 0.29) is 6.04 Å². The molecule has 172 valence electrons. The molecule has 2 fully saturated rings. The molecular formula is C24H39N5O2. The van der Waals surface area contributed by atoms with Crippen molar-refractivity contribution in [3.05, 3.63) is 35.4 Å². The summed E-state index contributed by atoms with van der Waals surface area (Å²) in [5.41, 5.74) is 2.38. The predicted octanol–water partition coefficient (Wildman–Crippen LogP) is 2.32. The van der Waals surface area contributed by atoms with E-state index in [0.717, 1.165) is 71.2 Å². The summed E-state index contributed by atoms with van der Waals surface area (Å²) in [5, 5.41) is 3.44. The van der Waals surface area contributed by atoms with Crippen LogP contribution in [0, 0.1) is 0 Å². The fourth-order valence-corrected chi connectivity index (χ4v) is 4.23. The second-order valence-electron chi connectivity index (χ2n) is 8.36. The molecular weight excluding hydrogens is 390 g/mol. The van der Waals surface area contributed by atoms with Crippen LogP contribution < -0.4 is 5.32 Å². The van der Waals surface area contributed by atoms with Crippen molar-refractivity contribution in [1.29, 1.82) is 0 Å². The molecule has 0 aliphatic carbocycles. The molecule has 3 rings (SSSR count). The highest BCUT2D eigenvalue weighted by Gasteiger charge is 2.30. The third-order valence-corrected chi connectivity index (χ3v) is 6.18. The molecule has 1 atom stereocenters. The van der Waals surface area contributed by atoms with Gasteiger partial charge in [0, 0.05) is 52.4 Å². The minimum absolute atomic E-state index is 0.0324. The van der Waals surface area contributed by atoms with Crippen LogP contribution in [0.3, 0.4) is 0 Å². The number of nitrogens with one attached hydrogen (secondary N) is 1. The summed E-state index contributed by atoms with van der Waals surface area (Å²) in [6.45, 7) is 14.5. The molecule has 2 saturated heterocycles. The molecule has 0 saturated carbocycles. The maximum absolute atomic E-state index is 12.7. The first-order valence-electron chi connectivity index (χ1n) is 11.8. The van der Waals surface area contributed by atoms with Crippen LogP contribution in [0.25, 0.3) is 0 Å². The first-order valence-corrected chi connectivity index (χ1v) is 11.8. The molecule has 1 unspecified atom stereocenters. The first-order chi connectivity index (χ1) is 15.1. The predicted molar refractivity (Wildman–Crippen MR) is 125 cm³/mol.